The summed E-state index contributed by atoms with van der Waals surface area (Å²) in [6.45, 7) is 0.906. The van der Waals surface area contributed by atoms with Crippen molar-refractivity contribution in [3.63, 3.8) is 0 Å². The van der Waals surface area contributed by atoms with Gasteiger partial charge in [0, 0.05) is 31.2 Å². The van der Waals surface area contributed by atoms with Gasteiger partial charge in [0.25, 0.3) is 5.91 Å². The van der Waals surface area contributed by atoms with Gasteiger partial charge in [-0.15, -0.1) is 12.6 Å². The molecule has 0 unspecified atom stereocenters. The van der Waals surface area contributed by atoms with Gasteiger partial charge in [-0.2, -0.15) is 0 Å². The van der Waals surface area contributed by atoms with Crippen LogP contribution in [-0.2, 0) is 9.53 Å². The molecule has 104 valence electrons. The molecule has 19 heavy (non-hydrogen) atoms. The van der Waals surface area contributed by atoms with E-state index in [9.17, 15) is 9.59 Å². The van der Waals surface area contributed by atoms with Crippen molar-refractivity contribution < 1.29 is 14.3 Å². The Balaban J connectivity index is 2.48. The molecule has 0 radical (unpaired) electrons. The van der Waals surface area contributed by atoms with Gasteiger partial charge in [0.2, 0.25) is 5.91 Å². The van der Waals surface area contributed by atoms with E-state index in [4.69, 9.17) is 4.74 Å². The summed E-state index contributed by atoms with van der Waals surface area (Å²) in [5, 5.41) is 2.66. The van der Waals surface area contributed by atoms with Gasteiger partial charge in [-0.05, 0) is 24.3 Å². The molecule has 1 rings (SSSR count). The molecule has 1 N–H and O–H groups in total. The Morgan fingerprint density at radius 1 is 1.32 bits per heavy atom. The molecule has 6 heteroatoms. The maximum Gasteiger partial charge on any atom is 0.254 e. The summed E-state index contributed by atoms with van der Waals surface area (Å²) in [5.41, 5.74) is 0.532. The maximum atomic E-state index is 12.0. The predicted octanol–water partition coefficient (Wildman–Crippen LogP) is 0.810. The molecule has 0 fully saturated rings. The number of hydrogen-bond donors (Lipinski definition) is 2. The van der Waals surface area contributed by atoms with E-state index in [1.165, 1.54) is 4.90 Å². The van der Waals surface area contributed by atoms with Gasteiger partial charge in [-0.1, -0.05) is 0 Å². The summed E-state index contributed by atoms with van der Waals surface area (Å²) in [6.07, 6.45) is 0. The van der Waals surface area contributed by atoms with Crippen LogP contribution in [0.2, 0.25) is 0 Å². The van der Waals surface area contributed by atoms with Crippen LogP contribution in [0.5, 0.6) is 0 Å². The minimum atomic E-state index is -0.210. The Bertz CT molecular complexity index is 434. The van der Waals surface area contributed by atoms with Crippen LogP contribution in [-0.4, -0.2) is 50.6 Å². The lowest BCUT2D eigenvalue weighted by Gasteiger charge is -2.16. The van der Waals surface area contributed by atoms with Crippen LogP contribution in [0.25, 0.3) is 0 Å². The Labute approximate surface area is 118 Å². The number of nitrogens with zero attached hydrogens (tertiary/aromatic N) is 1. The van der Waals surface area contributed by atoms with Crippen LogP contribution in [0.1, 0.15) is 10.4 Å². The molecule has 5 nitrogen and oxygen atoms in total. The first-order valence-electron chi connectivity index (χ1n) is 5.84. The Kier molecular flexibility index (Phi) is 6.38. The fraction of sp³-hybridized carbons (Fsp3) is 0.385. The topological polar surface area (TPSA) is 58.6 Å². The average Bonchev–Trinajstić information content (AvgIpc) is 2.39. The molecule has 0 saturated carbocycles. The SMILES string of the molecule is COCCNC(=O)CN(C)C(=O)c1ccc(S)cc1. The van der Waals surface area contributed by atoms with Crippen molar-refractivity contribution in [1.29, 1.82) is 0 Å². The van der Waals surface area contributed by atoms with Crippen molar-refractivity contribution in [2.24, 2.45) is 0 Å². The summed E-state index contributed by atoms with van der Waals surface area (Å²) < 4.78 is 4.82. The van der Waals surface area contributed by atoms with E-state index in [1.54, 1.807) is 38.4 Å². The number of nitrogens with one attached hydrogen (secondary N) is 1. The van der Waals surface area contributed by atoms with Crippen LogP contribution < -0.4 is 5.32 Å². The fourth-order valence-corrected chi connectivity index (χ4v) is 1.61. The van der Waals surface area contributed by atoms with E-state index in [2.05, 4.69) is 17.9 Å². The van der Waals surface area contributed by atoms with Crippen LogP contribution in [0.4, 0.5) is 0 Å². The highest BCUT2D eigenvalue weighted by molar-refractivity contribution is 7.80. The maximum absolute atomic E-state index is 12.0. The van der Waals surface area contributed by atoms with Gasteiger partial charge in [0.1, 0.15) is 0 Å². The molecule has 0 aliphatic rings. The molecule has 0 bridgehead atoms. The fourth-order valence-electron chi connectivity index (χ4n) is 1.46. The van der Waals surface area contributed by atoms with Crippen LogP contribution in [0.15, 0.2) is 29.2 Å². The third-order valence-electron chi connectivity index (χ3n) is 2.47. The molecule has 0 atom stereocenters. The second-order valence-corrected chi connectivity index (χ2v) is 4.57. The monoisotopic (exact) mass is 282 g/mol. The number of methoxy groups -OCH3 is 1. The lowest BCUT2D eigenvalue weighted by Crippen LogP contribution is -2.39. The standard InChI is InChI=1S/C13H18N2O3S/c1-15(9-12(16)14-7-8-18-2)13(17)10-3-5-11(19)6-4-10/h3-6,19H,7-9H2,1-2H3,(H,14,16). The predicted molar refractivity (Wildman–Crippen MR) is 75.5 cm³/mol. The second-order valence-electron chi connectivity index (χ2n) is 4.05. The number of carbonyl (C=O) groups excluding carboxylic acids is 2. The molecular weight excluding hydrogens is 264 g/mol. The summed E-state index contributed by atoms with van der Waals surface area (Å²) in [6, 6.07) is 6.85. The number of thiol groups is 1. The van der Waals surface area contributed by atoms with Gasteiger partial charge < -0.3 is 15.0 Å². The Morgan fingerprint density at radius 2 is 1.95 bits per heavy atom. The largest absolute Gasteiger partial charge is 0.383 e. The minimum absolute atomic E-state index is 0.0190. The van der Waals surface area contributed by atoms with Crippen molar-refractivity contribution >= 4 is 24.4 Å². The molecule has 0 saturated heterocycles. The molecule has 0 aliphatic heterocycles. The first kappa shape index (κ1) is 15.5. The van der Waals surface area contributed by atoms with Crippen molar-refractivity contribution in [2.75, 3.05) is 33.9 Å². The number of rotatable bonds is 6. The highest BCUT2D eigenvalue weighted by atomic mass is 32.1. The highest BCUT2D eigenvalue weighted by Gasteiger charge is 2.14. The van der Waals surface area contributed by atoms with Gasteiger partial charge >= 0.3 is 0 Å². The first-order chi connectivity index (χ1) is 9.04. The van der Waals surface area contributed by atoms with Gasteiger partial charge in [-0.25, -0.2) is 0 Å². The summed E-state index contributed by atoms with van der Waals surface area (Å²) >= 11 is 4.15. The van der Waals surface area contributed by atoms with E-state index < -0.39 is 0 Å². The van der Waals surface area contributed by atoms with Crippen LogP contribution >= 0.6 is 12.6 Å². The summed E-state index contributed by atoms with van der Waals surface area (Å²) in [5.74, 6) is -0.408. The van der Waals surface area contributed by atoms with Crippen molar-refractivity contribution in [3.05, 3.63) is 29.8 Å². The number of amides is 2. The third-order valence-corrected chi connectivity index (χ3v) is 2.77. The summed E-state index contributed by atoms with van der Waals surface area (Å²) in [7, 11) is 3.15. The van der Waals surface area contributed by atoms with E-state index >= 15 is 0 Å². The summed E-state index contributed by atoms with van der Waals surface area (Å²) in [4.78, 5) is 25.7. The minimum Gasteiger partial charge on any atom is -0.383 e. The number of ether oxygens (including phenoxy) is 1. The molecule has 0 heterocycles. The van der Waals surface area contributed by atoms with Crippen molar-refractivity contribution in [2.45, 2.75) is 4.90 Å². The number of likely N-dealkylation sites (N-methyl/N-ethyl adjacent to an activating group) is 1. The van der Waals surface area contributed by atoms with Gasteiger partial charge in [0.05, 0.1) is 13.2 Å². The van der Waals surface area contributed by atoms with E-state index in [-0.39, 0.29) is 18.4 Å². The Hall–Kier alpha value is -1.53. The van der Waals surface area contributed by atoms with Gasteiger partial charge in [0.15, 0.2) is 0 Å². The average molecular weight is 282 g/mol. The first-order valence-corrected chi connectivity index (χ1v) is 6.29. The molecule has 1 aromatic carbocycles. The lowest BCUT2D eigenvalue weighted by molar-refractivity contribution is -0.121. The van der Waals surface area contributed by atoms with Gasteiger partial charge in [-0.3, -0.25) is 9.59 Å². The molecule has 0 spiro atoms. The van der Waals surface area contributed by atoms with Crippen LogP contribution in [0, 0.1) is 0 Å². The molecular formula is C13H18N2O3S. The Morgan fingerprint density at radius 3 is 2.53 bits per heavy atom. The van der Waals surface area contributed by atoms with Crippen molar-refractivity contribution in [3.8, 4) is 0 Å². The zero-order valence-electron chi connectivity index (χ0n) is 11.0. The molecule has 2 amide bonds. The van der Waals surface area contributed by atoms with E-state index in [0.717, 1.165) is 4.90 Å². The van der Waals surface area contributed by atoms with E-state index in [1.807, 2.05) is 0 Å². The zero-order chi connectivity index (χ0) is 14.3. The van der Waals surface area contributed by atoms with Crippen molar-refractivity contribution in [1.82, 2.24) is 10.2 Å². The molecule has 0 aromatic heterocycles. The third kappa shape index (κ3) is 5.32. The van der Waals surface area contributed by atoms with Crippen LogP contribution in [0.3, 0.4) is 0 Å². The lowest BCUT2D eigenvalue weighted by atomic mass is 10.2. The smallest absolute Gasteiger partial charge is 0.254 e. The second kappa shape index (κ2) is 7.81. The quantitative estimate of drug-likeness (QED) is 0.599. The normalized spacial score (nSPS) is 10.1. The molecule has 0 aliphatic carbocycles. The molecule has 1 aromatic rings. The number of benzene rings is 1. The number of hydrogen-bond acceptors (Lipinski definition) is 4. The number of carbonyl (C=O) groups is 2. The zero-order valence-corrected chi connectivity index (χ0v) is 11.9. The van der Waals surface area contributed by atoms with E-state index in [0.29, 0.717) is 18.7 Å². The highest BCUT2D eigenvalue weighted by Crippen LogP contribution is 2.09.